The summed E-state index contributed by atoms with van der Waals surface area (Å²) in [6.45, 7) is 0.732. The van der Waals surface area contributed by atoms with Crippen LogP contribution >= 0.6 is 0 Å². The summed E-state index contributed by atoms with van der Waals surface area (Å²) in [4.78, 5) is 11.8. The van der Waals surface area contributed by atoms with Crippen molar-refractivity contribution in [2.75, 3.05) is 26.0 Å². The quantitative estimate of drug-likeness (QED) is 0.794. The Morgan fingerprint density at radius 2 is 2.26 bits per heavy atom. The lowest BCUT2D eigenvalue weighted by Gasteiger charge is -2.07. The van der Waals surface area contributed by atoms with Crippen LogP contribution in [0.25, 0.3) is 10.9 Å². The molecule has 0 aliphatic carbocycles. The lowest BCUT2D eigenvalue weighted by atomic mass is 10.1. The Morgan fingerprint density at radius 3 is 3.00 bits per heavy atom. The van der Waals surface area contributed by atoms with Gasteiger partial charge in [-0.2, -0.15) is 0 Å². The number of carbonyl (C=O) groups excluding carboxylic acids is 1. The van der Waals surface area contributed by atoms with Gasteiger partial charge in [0.2, 0.25) is 0 Å². The van der Waals surface area contributed by atoms with Gasteiger partial charge in [0.25, 0.3) is 5.91 Å². The van der Waals surface area contributed by atoms with Crippen LogP contribution in [0.15, 0.2) is 18.2 Å². The normalized spacial score (nSPS) is 10.6. The second-order valence-electron chi connectivity index (χ2n) is 3.87. The molecule has 1 heterocycles. The number of hydrogen-bond acceptors (Lipinski definition) is 5. The van der Waals surface area contributed by atoms with Gasteiger partial charge in [-0.25, -0.2) is 4.39 Å². The number of anilines is 1. The van der Waals surface area contributed by atoms with E-state index in [1.54, 1.807) is 0 Å². The molecule has 0 aliphatic rings. The highest BCUT2D eigenvalue weighted by Gasteiger charge is 2.15. The average Bonchev–Trinajstić information content (AvgIpc) is 2.39. The van der Waals surface area contributed by atoms with Crippen LogP contribution in [-0.4, -0.2) is 36.4 Å². The molecule has 1 aromatic carbocycles. The summed E-state index contributed by atoms with van der Waals surface area (Å²) < 4.78 is 17.8. The number of benzene rings is 1. The van der Waals surface area contributed by atoms with E-state index in [2.05, 4.69) is 15.5 Å². The zero-order valence-electron chi connectivity index (χ0n) is 10.3. The Hall–Kier alpha value is -2.28. The Kier molecular flexibility index (Phi) is 3.86. The van der Waals surface area contributed by atoms with Crippen molar-refractivity contribution >= 4 is 22.5 Å². The molecule has 0 bridgehead atoms. The molecular formula is C12H13FN4O2. The SMILES string of the molecule is COCCNC(=O)c1nnc2cc(F)ccc2c1N. The fourth-order valence-corrected chi connectivity index (χ4v) is 1.62. The number of methoxy groups -OCH3 is 1. The summed E-state index contributed by atoms with van der Waals surface area (Å²) in [6, 6.07) is 3.94. The van der Waals surface area contributed by atoms with E-state index in [9.17, 15) is 9.18 Å². The van der Waals surface area contributed by atoms with Crippen LogP contribution in [0.5, 0.6) is 0 Å². The summed E-state index contributed by atoms with van der Waals surface area (Å²) in [5, 5.41) is 10.6. The first-order chi connectivity index (χ1) is 9.13. The minimum atomic E-state index is -0.437. The second-order valence-corrected chi connectivity index (χ2v) is 3.87. The maximum atomic E-state index is 13.0. The molecule has 2 rings (SSSR count). The predicted octanol–water partition coefficient (Wildman–Crippen LogP) is 0.727. The molecule has 3 N–H and O–H groups in total. The smallest absolute Gasteiger partial charge is 0.274 e. The minimum Gasteiger partial charge on any atom is -0.396 e. The molecule has 0 atom stereocenters. The second kappa shape index (κ2) is 5.57. The van der Waals surface area contributed by atoms with Crippen LogP contribution in [0.4, 0.5) is 10.1 Å². The molecular weight excluding hydrogens is 251 g/mol. The van der Waals surface area contributed by atoms with Gasteiger partial charge in [0.05, 0.1) is 17.8 Å². The van der Waals surface area contributed by atoms with Gasteiger partial charge in [0, 0.05) is 25.1 Å². The number of nitrogens with zero attached hydrogens (tertiary/aromatic N) is 2. The Bertz CT molecular complexity index is 618. The molecule has 0 saturated heterocycles. The van der Waals surface area contributed by atoms with Gasteiger partial charge in [0.1, 0.15) is 5.82 Å². The molecule has 0 aliphatic heterocycles. The number of nitrogens with one attached hydrogen (secondary N) is 1. The molecule has 0 fully saturated rings. The number of ether oxygens (including phenoxy) is 1. The summed E-state index contributed by atoms with van der Waals surface area (Å²) >= 11 is 0. The summed E-state index contributed by atoms with van der Waals surface area (Å²) in [5.74, 6) is -0.869. The van der Waals surface area contributed by atoms with E-state index in [0.717, 1.165) is 0 Å². The van der Waals surface area contributed by atoms with Crippen LogP contribution < -0.4 is 11.1 Å². The molecule has 19 heavy (non-hydrogen) atoms. The summed E-state index contributed by atoms with van der Waals surface area (Å²) in [5.41, 5.74) is 6.37. The van der Waals surface area contributed by atoms with Gasteiger partial charge in [-0.05, 0) is 12.1 Å². The molecule has 0 radical (unpaired) electrons. The number of aromatic nitrogens is 2. The van der Waals surface area contributed by atoms with E-state index < -0.39 is 11.7 Å². The van der Waals surface area contributed by atoms with Crippen molar-refractivity contribution in [1.29, 1.82) is 0 Å². The molecule has 1 aromatic heterocycles. The third-order valence-corrected chi connectivity index (χ3v) is 2.57. The summed E-state index contributed by atoms with van der Waals surface area (Å²) in [7, 11) is 1.53. The van der Waals surface area contributed by atoms with E-state index in [1.165, 1.54) is 25.3 Å². The van der Waals surface area contributed by atoms with Crippen molar-refractivity contribution in [1.82, 2.24) is 15.5 Å². The number of carbonyl (C=O) groups is 1. The van der Waals surface area contributed by atoms with E-state index in [0.29, 0.717) is 24.1 Å². The fraction of sp³-hybridized carbons (Fsp3) is 0.250. The number of hydrogen-bond donors (Lipinski definition) is 2. The average molecular weight is 264 g/mol. The standard InChI is InChI=1S/C12H13FN4O2/c1-19-5-4-15-12(18)11-10(14)8-3-2-7(13)6-9(8)16-17-11/h2-3,6H,4-5H2,1H3,(H2,14,16)(H,15,18). The molecule has 6 nitrogen and oxygen atoms in total. The first kappa shape index (κ1) is 13.2. The molecule has 7 heteroatoms. The van der Waals surface area contributed by atoms with Gasteiger partial charge < -0.3 is 15.8 Å². The van der Waals surface area contributed by atoms with Gasteiger partial charge >= 0.3 is 0 Å². The predicted molar refractivity (Wildman–Crippen MR) is 68.1 cm³/mol. The number of fused-ring (bicyclic) bond motifs is 1. The van der Waals surface area contributed by atoms with Crippen LogP contribution in [0.2, 0.25) is 0 Å². The monoisotopic (exact) mass is 264 g/mol. The van der Waals surface area contributed by atoms with E-state index in [-0.39, 0.29) is 11.4 Å². The zero-order valence-corrected chi connectivity index (χ0v) is 10.3. The maximum absolute atomic E-state index is 13.0. The number of halogens is 1. The number of nitrogen functional groups attached to an aromatic ring is 1. The fourth-order valence-electron chi connectivity index (χ4n) is 1.62. The van der Waals surface area contributed by atoms with Gasteiger partial charge in [-0.15, -0.1) is 10.2 Å². The molecule has 1 amide bonds. The van der Waals surface area contributed by atoms with Gasteiger partial charge in [0.15, 0.2) is 5.69 Å². The van der Waals surface area contributed by atoms with Crippen LogP contribution in [-0.2, 0) is 4.74 Å². The number of nitrogens with two attached hydrogens (primary N) is 1. The van der Waals surface area contributed by atoms with Crippen LogP contribution in [0.1, 0.15) is 10.5 Å². The van der Waals surface area contributed by atoms with E-state index >= 15 is 0 Å². The highest BCUT2D eigenvalue weighted by atomic mass is 19.1. The highest BCUT2D eigenvalue weighted by Crippen LogP contribution is 2.21. The Morgan fingerprint density at radius 1 is 1.47 bits per heavy atom. The molecule has 0 spiro atoms. The largest absolute Gasteiger partial charge is 0.396 e. The first-order valence-corrected chi connectivity index (χ1v) is 5.62. The van der Waals surface area contributed by atoms with Crippen molar-refractivity contribution in [3.05, 3.63) is 29.7 Å². The van der Waals surface area contributed by atoms with Crippen molar-refractivity contribution < 1.29 is 13.9 Å². The van der Waals surface area contributed by atoms with Crippen molar-refractivity contribution in [3.8, 4) is 0 Å². The molecule has 100 valence electrons. The lowest BCUT2D eigenvalue weighted by Crippen LogP contribution is -2.28. The number of amides is 1. The minimum absolute atomic E-state index is 0.0233. The van der Waals surface area contributed by atoms with Gasteiger partial charge in [-0.3, -0.25) is 4.79 Å². The Balaban J connectivity index is 2.32. The van der Waals surface area contributed by atoms with Crippen molar-refractivity contribution in [3.63, 3.8) is 0 Å². The van der Waals surface area contributed by atoms with Crippen molar-refractivity contribution in [2.45, 2.75) is 0 Å². The zero-order chi connectivity index (χ0) is 13.8. The van der Waals surface area contributed by atoms with Crippen molar-refractivity contribution in [2.24, 2.45) is 0 Å². The molecule has 0 unspecified atom stereocenters. The van der Waals surface area contributed by atoms with E-state index in [4.69, 9.17) is 10.5 Å². The van der Waals surface area contributed by atoms with Crippen LogP contribution in [0, 0.1) is 5.82 Å². The van der Waals surface area contributed by atoms with Gasteiger partial charge in [-0.1, -0.05) is 0 Å². The van der Waals surface area contributed by atoms with E-state index in [1.807, 2.05) is 0 Å². The third-order valence-electron chi connectivity index (χ3n) is 2.57. The highest BCUT2D eigenvalue weighted by molar-refractivity contribution is 6.04. The third kappa shape index (κ3) is 2.76. The number of rotatable bonds is 4. The Labute approximate surface area is 108 Å². The maximum Gasteiger partial charge on any atom is 0.274 e. The van der Waals surface area contributed by atoms with Crippen LogP contribution in [0.3, 0.4) is 0 Å². The topological polar surface area (TPSA) is 90.1 Å². The lowest BCUT2D eigenvalue weighted by molar-refractivity contribution is 0.0932. The summed E-state index contributed by atoms with van der Waals surface area (Å²) in [6.07, 6.45) is 0. The molecule has 2 aromatic rings. The molecule has 0 saturated carbocycles. The first-order valence-electron chi connectivity index (χ1n) is 5.62.